The van der Waals surface area contributed by atoms with Gasteiger partial charge in [-0.05, 0) is 37.0 Å². The fourth-order valence-corrected chi connectivity index (χ4v) is 2.71. The molecule has 1 saturated carbocycles. The van der Waals surface area contributed by atoms with Crippen LogP contribution in [0.3, 0.4) is 0 Å². The first kappa shape index (κ1) is 12.3. The third kappa shape index (κ3) is 2.04. The molecule has 2 fully saturated rings. The highest BCUT2D eigenvalue weighted by molar-refractivity contribution is 5.98. The van der Waals surface area contributed by atoms with Gasteiger partial charge in [-0.2, -0.15) is 0 Å². The molecule has 0 atom stereocenters. The van der Waals surface area contributed by atoms with E-state index in [9.17, 15) is 9.90 Å². The highest BCUT2D eigenvalue weighted by Crippen LogP contribution is 2.43. The Morgan fingerprint density at radius 2 is 2.16 bits per heavy atom. The maximum atomic E-state index is 12.3. The number of carbonyl (C=O) groups excluding carboxylic acids is 1. The Balaban J connectivity index is 1.74. The molecule has 0 unspecified atom stereocenters. The van der Waals surface area contributed by atoms with Crippen molar-refractivity contribution in [3.63, 3.8) is 0 Å². The average Bonchev–Trinajstić information content (AvgIpc) is 3.19. The largest absolute Gasteiger partial charge is 0.507 e. The molecule has 1 aromatic rings. The van der Waals surface area contributed by atoms with Crippen molar-refractivity contribution in [2.75, 3.05) is 20.2 Å². The molecule has 0 aromatic heterocycles. The van der Waals surface area contributed by atoms with Crippen LogP contribution in [0.5, 0.6) is 11.5 Å². The molecule has 102 valence electrons. The number of hydrogen-bond acceptors (Lipinski definition) is 4. The number of rotatable bonds is 3. The molecule has 0 radical (unpaired) electrons. The van der Waals surface area contributed by atoms with E-state index in [1.54, 1.807) is 17.0 Å². The molecule has 2 aliphatic rings. The summed E-state index contributed by atoms with van der Waals surface area (Å²) in [5.41, 5.74) is 6.30. The SMILES string of the molecule is COc1ccc(O)c(C(=O)N2CC(N)(C3CC3)C2)c1. The van der Waals surface area contributed by atoms with Crippen molar-refractivity contribution < 1.29 is 14.6 Å². The Morgan fingerprint density at radius 3 is 2.74 bits per heavy atom. The van der Waals surface area contributed by atoms with E-state index in [0.717, 1.165) is 0 Å². The molecule has 1 amide bonds. The number of ether oxygens (including phenoxy) is 1. The summed E-state index contributed by atoms with van der Waals surface area (Å²) in [7, 11) is 1.53. The van der Waals surface area contributed by atoms with E-state index in [0.29, 0.717) is 24.8 Å². The quantitative estimate of drug-likeness (QED) is 0.851. The van der Waals surface area contributed by atoms with Crippen LogP contribution in [0.4, 0.5) is 0 Å². The van der Waals surface area contributed by atoms with Gasteiger partial charge in [-0.15, -0.1) is 0 Å². The van der Waals surface area contributed by atoms with Crippen LogP contribution >= 0.6 is 0 Å². The number of nitrogens with zero attached hydrogens (tertiary/aromatic N) is 1. The highest BCUT2D eigenvalue weighted by Gasteiger charge is 2.51. The zero-order chi connectivity index (χ0) is 13.6. The minimum Gasteiger partial charge on any atom is -0.507 e. The predicted octanol–water partition coefficient (Wildman–Crippen LogP) is 0.964. The lowest BCUT2D eigenvalue weighted by Gasteiger charge is -2.48. The first-order chi connectivity index (χ1) is 9.03. The van der Waals surface area contributed by atoms with Crippen LogP contribution in [0.2, 0.25) is 0 Å². The van der Waals surface area contributed by atoms with Gasteiger partial charge >= 0.3 is 0 Å². The van der Waals surface area contributed by atoms with Crippen molar-refractivity contribution in [3.8, 4) is 11.5 Å². The van der Waals surface area contributed by atoms with E-state index < -0.39 is 0 Å². The summed E-state index contributed by atoms with van der Waals surface area (Å²) in [6.45, 7) is 1.15. The number of phenols is 1. The van der Waals surface area contributed by atoms with Crippen LogP contribution in [0, 0.1) is 5.92 Å². The fraction of sp³-hybridized carbons (Fsp3) is 0.500. The monoisotopic (exact) mass is 262 g/mol. The van der Waals surface area contributed by atoms with Crippen LogP contribution in [0.25, 0.3) is 0 Å². The topological polar surface area (TPSA) is 75.8 Å². The van der Waals surface area contributed by atoms with E-state index in [4.69, 9.17) is 10.5 Å². The van der Waals surface area contributed by atoms with E-state index in [-0.39, 0.29) is 22.8 Å². The van der Waals surface area contributed by atoms with Crippen molar-refractivity contribution in [3.05, 3.63) is 23.8 Å². The summed E-state index contributed by atoms with van der Waals surface area (Å²) in [4.78, 5) is 14.0. The third-order valence-corrected chi connectivity index (χ3v) is 4.08. The van der Waals surface area contributed by atoms with Gasteiger partial charge in [0.1, 0.15) is 11.5 Å². The number of likely N-dealkylation sites (tertiary alicyclic amines) is 1. The zero-order valence-corrected chi connectivity index (χ0v) is 10.9. The van der Waals surface area contributed by atoms with E-state index in [2.05, 4.69) is 0 Å². The van der Waals surface area contributed by atoms with Crippen LogP contribution in [0.15, 0.2) is 18.2 Å². The molecule has 1 heterocycles. The molecule has 0 bridgehead atoms. The van der Waals surface area contributed by atoms with Crippen LogP contribution < -0.4 is 10.5 Å². The molecule has 5 nitrogen and oxygen atoms in total. The van der Waals surface area contributed by atoms with Crippen molar-refractivity contribution in [1.82, 2.24) is 4.90 Å². The summed E-state index contributed by atoms with van der Waals surface area (Å²) < 4.78 is 5.07. The van der Waals surface area contributed by atoms with Crippen LogP contribution in [-0.4, -0.2) is 41.7 Å². The normalized spacial score (nSPS) is 20.8. The van der Waals surface area contributed by atoms with Gasteiger partial charge in [0.2, 0.25) is 0 Å². The number of amides is 1. The van der Waals surface area contributed by atoms with Gasteiger partial charge in [0, 0.05) is 13.1 Å². The number of aromatic hydroxyl groups is 1. The van der Waals surface area contributed by atoms with Crippen molar-refractivity contribution in [2.45, 2.75) is 18.4 Å². The lowest BCUT2D eigenvalue weighted by molar-refractivity contribution is 0.0347. The van der Waals surface area contributed by atoms with Gasteiger partial charge in [0.25, 0.3) is 5.91 Å². The van der Waals surface area contributed by atoms with Crippen LogP contribution in [0.1, 0.15) is 23.2 Å². The maximum Gasteiger partial charge on any atom is 0.257 e. The molecule has 3 rings (SSSR count). The number of hydrogen-bond donors (Lipinski definition) is 2. The smallest absolute Gasteiger partial charge is 0.257 e. The van der Waals surface area contributed by atoms with Crippen LogP contribution in [-0.2, 0) is 0 Å². The maximum absolute atomic E-state index is 12.3. The second-order valence-corrected chi connectivity index (χ2v) is 5.55. The minimum absolute atomic E-state index is 0.0215. The summed E-state index contributed by atoms with van der Waals surface area (Å²) >= 11 is 0. The molecule has 0 spiro atoms. The number of methoxy groups -OCH3 is 1. The Morgan fingerprint density at radius 1 is 1.47 bits per heavy atom. The average molecular weight is 262 g/mol. The Kier molecular flexibility index (Phi) is 2.67. The lowest BCUT2D eigenvalue weighted by Crippen LogP contribution is -2.69. The molecule has 1 saturated heterocycles. The number of benzene rings is 1. The first-order valence-corrected chi connectivity index (χ1v) is 6.49. The van der Waals surface area contributed by atoms with Gasteiger partial charge in [-0.1, -0.05) is 0 Å². The minimum atomic E-state index is -0.204. The van der Waals surface area contributed by atoms with E-state index >= 15 is 0 Å². The molecule has 5 heteroatoms. The predicted molar refractivity (Wildman–Crippen MR) is 70.2 cm³/mol. The number of nitrogens with two attached hydrogens (primary N) is 1. The molecule has 1 aliphatic carbocycles. The van der Waals surface area contributed by atoms with Gasteiger partial charge in [-0.3, -0.25) is 4.79 Å². The lowest BCUT2D eigenvalue weighted by atomic mass is 9.85. The standard InChI is InChI=1S/C14H18N2O3/c1-19-10-4-5-12(17)11(6-10)13(18)16-7-14(15,8-16)9-2-3-9/h4-6,9,17H,2-3,7-8,15H2,1H3. The van der Waals surface area contributed by atoms with Gasteiger partial charge in [0.15, 0.2) is 0 Å². The number of carbonyl (C=O) groups is 1. The summed E-state index contributed by atoms with van der Waals surface area (Å²) in [6, 6.07) is 4.66. The summed E-state index contributed by atoms with van der Waals surface area (Å²) in [6.07, 6.45) is 2.34. The fourth-order valence-electron chi connectivity index (χ4n) is 2.71. The van der Waals surface area contributed by atoms with Crippen molar-refractivity contribution in [1.29, 1.82) is 0 Å². The third-order valence-electron chi connectivity index (χ3n) is 4.08. The highest BCUT2D eigenvalue weighted by atomic mass is 16.5. The summed E-state index contributed by atoms with van der Waals surface area (Å²) in [5.74, 6) is 0.920. The Hall–Kier alpha value is -1.75. The second kappa shape index (κ2) is 4.13. The van der Waals surface area contributed by atoms with Gasteiger partial charge < -0.3 is 20.5 Å². The Labute approximate surface area is 112 Å². The number of phenolic OH excluding ortho intramolecular Hbond substituents is 1. The van der Waals surface area contributed by atoms with Gasteiger partial charge in [-0.25, -0.2) is 0 Å². The summed E-state index contributed by atoms with van der Waals surface area (Å²) in [5, 5.41) is 9.79. The Bertz CT molecular complexity index is 519. The van der Waals surface area contributed by atoms with Crippen molar-refractivity contribution in [2.24, 2.45) is 11.7 Å². The van der Waals surface area contributed by atoms with E-state index in [1.807, 2.05) is 0 Å². The molecular formula is C14H18N2O3. The van der Waals surface area contributed by atoms with Gasteiger partial charge in [0.05, 0.1) is 18.2 Å². The molecule has 3 N–H and O–H groups in total. The zero-order valence-electron chi connectivity index (χ0n) is 10.9. The molecule has 1 aromatic carbocycles. The second-order valence-electron chi connectivity index (χ2n) is 5.55. The first-order valence-electron chi connectivity index (χ1n) is 6.49. The molecular weight excluding hydrogens is 244 g/mol. The molecule has 19 heavy (non-hydrogen) atoms. The van der Waals surface area contributed by atoms with E-state index in [1.165, 1.54) is 26.0 Å². The molecule has 1 aliphatic heterocycles. The van der Waals surface area contributed by atoms with Crippen molar-refractivity contribution >= 4 is 5.91 Å².